The smallest absolute Gasteiger partial charge is 0.324 e. The predicted octanol–water partition coefficient (Wildman–Crippen LogP) is 2.24. The maximum absolute atomic E-state index is 12.3. The third kappa shape index (κ3) is 6.88. The highest BCUT2D eigenvalue weighted by Gasteiger charge is 2.23. The normalized spacial score (nSPS) is 12.1. The van der Waals surface area contributed by atoms with E-state index in [-0.39, 0.29) is 4.90 Å². The van der Waals surface area contributed by atoms with Gasteiger partial charge in [0.15, 0.2) is 6.61 Å². The molecule has 156 valence electrons. The maximum Gasteiger partial charge on any atom is 0.324 e. The minimum atomic E-state index is -3.88. The number of benzene rings is 2. The summed E-state index contributed by atoms with van der Waals surface area (Å²) in [4.78, 5) is 24.0. The van der Waals surface area contributed by atoms with Gasteiger partial charge in [-0.15, -0.1) is 0 Å². The van der Waals surface area contributed by atoms with Crippen molar-refractivity contribution in [2.45, 2.75) is 31.7 Å². The van der Waals surface area contributed by atoms with Crippen LogP contribution in [0.1, 0.15) is 19.4 Å². The zero-order chi connectivity index (χ0) is 21.4. The van der Waals surface area contributed by atoms with Gasteiger partial charge in [-0.25, -0.2) is 8.42 Å². The van der Waals surface area contributed by atoms with Crippen molar-refractivity contribution in [2.24, 2.45) is 0 Å². The van der Waals surface area contributed by atoms with Crippen LogP contribution in [0.5, 0.6) is 5.75 Å². The number of amides is 1. The van der Waals surface area contributed by atoms with Gasteiger partial charge in [0.25, 0.3) is 5.91 Å². The minimum Gasteiger partial charge on any atom is -0.494 e. The van der Waals surface area contributed by atoms with Gasteiger partial charge < -0.3 is 14.8 Å². The first-order valence-corrected chi connectivity index (χ1v) is 10.5. The van der Waals surface area contributed by atoms with Gasteiger partial charge in [-0.3, -0.25) is 9.59 Å². The molecule has 0 bridgehead atoms. The largest absolute Gasteiger partial charge is 0.494 e. The zero-order valence-corrected chi connectivity index (χ0v) is 17.3. The Labute approximate surface area is 170 Å². The topological polar surface area (TPSA) is 111 Å². The average molecular weight is 420 g/mol. The third-order valence-corrected chi connectivity index (χ3v) is 5.37. The van der Waals surface area contributed by atoms with E-state index in [9.17, 15) is 18.0 Å². The van der Waals surface area contributed by atoms with Crippen molar-refractivity contribution >= 4 is 27.6 Å². The summed E-state index contributed by atoms with van der Waals surface area (Å²) >= 11 is 0. The Hall–Kier alpha value is -2.91. The van der Waals surface area contributed by atoms with E-state index in [1.807, 2.05) is 13.8 Å². The molecule has 0 aromatic heterocycles. The Bertz CT molecular complexity index is 940. The standard InChI is InChI=1S/C20H24N2O6S/c1-4-27-17-9-7-16(8-10-17)21-19(23)13-28-20(24)15(3)22-29(25,26)18-11-5-14(2)6-12-18/h5-12,15,22H,4,13H2,1-3H3,(H,21,23)/t15-/m0/s1. The molecule has 2 N–H and O–H groups in total. The molecule has 1 atom stereocenters. The van der Waals surface area contributed by atoms with Crippen LogP contribution in [0.2, 0.25) is 0 Å². The van der Waals surface area contributed by atoms with E-state index < -0.39 is 34.5 Å². The molecule has 0 aliphatic rings. The van der Waals surface area contributed by atoms with Gasteiger partial charge in [-0.1, -0.05) is 17.7 Å². The van der Waals surface area contributed by atoms with Gasteiger partial charge in [-0.2, -0.15) is 4.72 Å². The first-order valence-electron chi connectivity index (χ1n) is 8.99. The van der Waals surface area contributed by atoms with Crippen LogP contribution < -0.4 is 14.8 Å². The number of rotatable bonds is 9. The fraction of sp³-hybridized carbons (Fsp3) is 0.300. The summed E-state index contributed by atoms with van der Waals surface area (Å²) in [7, 11) is -3.88. The monoisotopic (exact) mass is 420 g/mol. The van der Waals surface area contributed by atoms with E-state index in [2.05, 4.69) is 10.0 Å². The fourth-order valence-electron chi connectivity index (χ4n) is 2.33. The highest BCUT2D eigenvalue weighted by molar-refractivity contribution is 7.89. The van der Waals surface area contributed by atoms with Crippen molar-refractivity contribution in [3.05, 3.63) is 54.1 Å². The number of aryl methyl sites for hydroxylation is 1. The summed E-state index contributed by atoms with van der Waals surface area (Å²) in [5.74, 6) is -0.731. The quantitative estimate of drug-likeness (QED) is 0.602. The lowest BCUT2D eigenvalue weighted by molar-refractivity contribution is -0.148. The number of ether oxygens (including phenoxy) is 2. The summed E-state index contributed by atoms with van der Waals surface area (Å²) in [5.41, 5.74) is 1.43. The van der Waals surface area contributed by atoms with Crippen LogP contribution in [-0.2, 0) is 24.3 Å². The van der Waals surface area contributed by atoms with Gasteiger partial charge in [-0.05, 0) is 57.2 Å². The molecule has 1 amide bonds. The molecule has 2 aromatic carbocycles. The molecule has 2 aromatic rings. The lowest BCUT2D eigenvalue weighted by Crippen LogP contribution is -2.40. The van der Waals surface area contributed by atoms with E-state index in [1.165, 1.54) is 19.1 Å². The number of hydrogen-bond acceptors (Lipinski definition) is 6. The highest BCUT2D eigenvalue weighted by Crippen LogP contribution is 2.15. The van der Waals surface area contributed by atoms with E-state index >= 15 is 0 Å². The molecular weight excluding hydrogens is 396 g/mol. The van der Waals surface area contributed by atoms with Crippen LogP contribution in [0, 0.1) is 6.92 Å². The third-order valence-electron chi connectivity index (χ3n) is 3.81. The molecule has 0 aliphatic carbocycles. The van der Waals surface area contributed by atoms with Crippen LogP contribution in [0.15, 0.2) is 53.4 Å². The van der Waals surface area contributed by atoms with Crippen molar-refractivity contribution in [1.29, 1.82) is 0 Å². The van der Waals surface area contributed by atoms with Gasteiger partial charge in [0, 0.05) is 5.69 Å². The molecule has 9 heteroatoms. The fourth-order valence-corrected chi connectivity index (χ4v) is 3.52. The van der Waals surface area contributed by atoms with Crippen molar-refractivity contribution in [2.75, 3.05) is 18.5 Å². The second kappa shape index (κ2) is 10.0. The highest BCUT2D eigenvalue weighted by atomic mass is 32.2. The number of hydrogen-bond donors (Lipinski definition) is 2. The molecule has 29 heavy (non-hydrogen) atoms. The molecule has 0 unspecified atom stereocenters. The van der Waals surface area contributed by atoms with Crippen molar-refractivity contribution in [3.63, 3.8) is 0 Å². The lowest BCUT2D eigenvalue weighted by Gasteiger charge is -2.14. The van der Waals surface area contributed by atoms with Crippen LogP contribution in [0.25, 0.3) is 0 Å². The number of carbonyl (C=O) groups is 2. The summed E-state index contributed by atoms with van der Waals surface area (Å²) < 4.78 is 37.1. The van der Waals surface area contributed by atoms with Gasteiger partial charge in [0.2, 0.25) is 10.0 Å². The Kier molecular flexibility index (Phi) is 7.74. The van der Waals surface area contributed by atoms with Crippen molar-refractivity contribution in [1.82, 2.24) is 4.72 Å². The Morgan fingerprint density at radius 1 is 1.03 bits per heavy atom. The van der Waals surface area contributed by atoms with Crippen LogP contribution >= 0.6 is 0 Å². The van der Waals surface area contributed by atoms with Gasteiger partial charge >= 0.3 is 5.97 Å². The molecule has 0 aliphatic heterocycles. The second-order valence-electron chi connectivity index (χ2n) is 6.27. The van der Waals surface area contributed by atoms with E-state index in [4.69, 9.17) is 9.47 Å². The molecular formula is C20H24N2O6S. The molecule has 0 spiro atoms. The lowest BCUT2D eigenvalue weighted by atomic mass is 10.2. The Morgan fingerprint density at radius 2 is 1.66 bits per heavy atom. The van der Waals surface area contributed by atoms with Crippen molar-refractivity contribution in [3.8, 4) is 5.75 Å². The van der Waals surface area contributed by atoms with E-state index in [0.717, 1.165) is 5.56 Å². The molecule has 2 rings (SSSR count). The number of carbonyl (C=O) groups excluding carboxylic acids is 2. The first kappa shape index (κ1) is 22.4. The Balaban J connectivity index is 1.84. The molecule has 8 nitrogen and oxygen atoms in total. The first-order chi connectivity index (χ1) is 13.7. The van der Waals surface area contributed by atoms with E-state index in [0.29, 0.717) is 18.0 Å². The molecule has 0 heterocycles. The zero-order valence-electron chi connectivity index (χ0n) is 16.5. The SMILES string of the molecule is CCOc1ccc(NC(=O)COC(=O)[C@H](C)NS(=O)(=O)c2ccc(C)cc2)cc1. The Morgan fingerprint density at radius 3 is 2.24 bits per heavy atom. The summed E-state index contributed by atoms with van der Waals surface area (Å²) in [6.45, 7) is 5.04. The molecule has 0 fully saturated rings. The number of nitrogens with one attached hydrogen (secondary N) is 2. The summed E-state index contributed by atoms with van der Waals surface area (Å²) in [5, 5.41) is 2.57. The number of anilines is 1. The summed E-state index contributed by atoms with van der Waals surface area (Å²) in [6, 6.07) is 11.8. The van der Waals surface area contributed by atoms with Gasteiger partial charge in [0.05, 0.1) is 11.5 Å². The van der Waals surface area contributed by atoms with Crippen LogP contribution in [-0.4, -0.2) is 39.5 Å². The molecule has 0 radical (unpaired) electrons. The number of esters is 1. The summed E-state index contributed by atoms with van der Waals surface area (Å²) in [6.07, 6.45) is 0. The van der Waals surface area contributed by atoms with Crippen LogP contribution in [0.3, 0.4) is 0 Å². The number of sulfonamides is 1. The van der Waals surface area contributed by atoms with Crippen LogP contribution in [0.4, 0.5) is 5.69 Å². The second-order valence-corrected chi connectivity index (χ2v) is 7.98. The minimum absolute atomic E-state index is 0.0380. The molecule has 0 saturated heterocycles. The van der Waals surface area contributed by atoms with Crippen molar-refractivity contribution < 1.29 is 27.5 Å². The van der Waals surface area contributed by atoms with Gasteiger partial charge in [0.1, 0.15) is 11.8 Å². The maximum atomic E-state index is 12.3. The molecule has 0 saturated carbocycles. The average Bonchev–Trinajstić information content (AvgIpc) is 2.68. The van der Waals surface area contributed by atoms with E-state index in [1.54, 1.807) is 36.4 Å². The predicted molar refractivity (Wildman–Crippen MR) is 108 cm³/mol.